The van der Waals surface area contributed by atoms with Gasteiger partial charge in [-0.05, 0) is 36.8 Å². The van der Waals surface area contributed by atoms with Gasteiger partial charge in [-0.25, -0.2) is 9.37 Å². The lowest BCUT2D eigenvalue weighted by Gasteiger charge is -2.08. The van der Waals surface area contributed by atoms with Gasteiger partial charge in [-0.3, -0.25) is 14.2 Å². The number of hydrogen-bond donors (Lipinski definition) is 2. The van der Waals surface area contributed by atoms with Gasteiger partial charge in [0.25, 0.3) is 5.56 Å². The van der Waals surface area contributed by atoms with E-state index in [-0.39, 0.29) is 36.0 Å². The number of benzene rings is 2. The number of hydrogen-bond acceptors (Lipinski definition) is 3. The van der Waals surface area contributed by atoms with E-state index in [0.29, 0.717) is 16.6 Å². The number of fused-ring (bicyclic) bond motifs is 3. The number of halogens is 2. The maximum absolute atomic E-state index is 13.1. The van der Waals surface area contributed by atoms with Crippen LogP contribution >= 0.6 is 11.6 Å². The van der Waals surface area contributed by atoms with E-state index >= 15 is 0 Å². The van der Waals surface area contributed by atoms with Crippen molar-refractivity contribution in [1.82, 2.24) is 19.9 Å². The van der Waals surface area contributed by atoms with Crippen molar-refractivity contribution in [2.75, 3.05) is 0 Å². The first-order chi connectivity index (χ1) is 13.9. The van der Waals surface area contributed by atoms with Crippen LogP contribution in [0, 0.1) is 12.7 Å². The summed E-state index contributed by atoms with van der Waals surface area (Å²) >= 11 is 5.96. The first-order valence-corrected chi connectivity index (χ1v) is 9.48. The fourth-order valence-electron chi connectivity index (χ4n) is 3.23. The van der Waals surface area contributed by atoms with E-state index in [0.717, 1.165) is 16.5 Å². The van der Waals surface area contributed by atoms with Gasteiger partial charge in [0.05, 0.1) is 6.33 Å². The van der Waals surface area contributed by atoms with Crippen molar-refractivity contribution in [3.05, 3.63) is 75.0 Å². The highest BCUT2D eigenvalue weighted by atomic mass is 35.5. The van der Waals surface area contributed by atoms with Gasteiger partial charge in [-0.15, -0.1) is 0 Å². The molecule has 4 rings (SSSR count). The molecule has 0 radical (unpaired) electrons. The lowest BCUT2D eigenvalue weighted by atomic mass is 10.2. The quantitative estimate of drug-likeness (QED) is 0.524. The van der Waals surface area contributed by atoms with E-state index in [1.165, 1.54) is 29.1 Å². The molecular weight excluding hydrogens is 395 g/mol. The maximum Gasteiger partial charge on any atom is 0.277 e. The van der Waals surface area contributed by atoms with E-state index in [1.807, 2.05) is 25.1 Å². The number of rotatable bonds is 5. The van der Waals surface area contributed by atoms with Crippen LogP contribution in [0.25, 0.3) is 21.9 Å². The third-order valence-corrected chi connectivity index (χ3v) is 5.15. The molecule has 2 N–H and O–H groups in total. The molecule has 0 aliphatic rings. The number of aryl methyl sites for hydroxylation is 2. The van der Waals surface area contributed by atoms with E-state index in [4.69, 9.17) is 11.6 Å². The van der Waals surface area contributed by atoms with Gasteiger partial charge in [0, 0.05) is 35.4 Å². The monoisotopic (exact) mass is 412 g/mol. The molecule has 0 saturated carbocycles. The predicted octanol–water partition coefficient (Wildman–Crippen LogP) is 3.69. The number of amides is 1. The summed E-state index contributed by atoms with van der Waals surface area (Å²) in [5.74, 6) is -0.677. The van der Waals surface area contributed by atoms with Crippen molar-refractivity contribution in [2.45, 2.75) is 26.4 Å². The van der Waals surface area contributed by atoms with Gasteiger partial charge in [-0.2, -0.15) is 0 Å². The second-order valence-electron chi connectivity index (χ2n) is 6.90. The molecule has 29 heavy (non-hydrogen) atoms. The van der Waals surface area contributed by atoms with Gasteiger partial charge in [0.15, 0.2) is 0 Å². The zero-order chi connectivity index (χ0) is 20.5. The number of nitrogens with one attached hydrogen (secondary N) is 2. The Kier molecular flexibility index (Phi) is 5.07. The van der Waals surface area contributed by atoms with Crippen LogP contribution in [0.3, 0.4) is 0 Å². The molecule has 0 aliphatic carbocycles. The molecule has 2 aromatic carbocycles. The van der Waals surface area contributed by atoms with Crippen molar-refractivity contribution in [1.29, 1.82) is 0 Å². The molecule has 0 fully saturated rings. The Hall–Kier alpha value is -3.19. The van der Waals surface area contributed by atoms with Crippen LogP contribution in [0.2, 0.25) is 5.02 Å². The Bertz CT molecular complexity index is 1300. The number of carbonyl (C=O) groups is 1. The first kappa shape index (κ1) is 19.1. The molecule has 2 heterocycles. The largest absolute Gasteiger partial charge is 0.352 e. The summed E-state index contributed by atoms with van der Waals surface area (Å²) in [7, 11) is 0. The molecule has 0 aliphatic heterocycles. The second kappa shape index (κ2) is 7.67. The standard InChI is InChI=1S/C21H18ClFN4O2/c1-12-2-5-17-15(8-12)19-20(26-17)21(29)27(11-25-19)7-6-18(28)24-10-13-3-4-14(23)9-16(13)22/h2-5,8-9,11,26H,6-7,10H2,1H3,(H,24,28). The maximum atomic E-state index is 13.1. The SMILES string of the molecule is Cc1ccc2[nH]c3c(=O)n(CCC(=O)NCc4ccc(F)cc4Cl)cnc3c2c1. The Labute approximate surface area is 170 Å². The zero-order valence-corrected chi connectivity index (χ0v) is 16.4. The fourth-order valence-corrected chi connectivity index (χ4v) is 3.47. The Morgan fingerprint density at radius 2 is 2.10 bits per heavy atom. The number of carbonyl (C=O) groups excluding carboxylic acids is 1. The second-order valence-corrected chi connectivity index (χ2v) is 7.31. The lowest BCUT2D eigenvalue weighted by molar-refractivity contribution is -0.121. The molecule has 0 unspecified atom stereocenters. The molecule has 2 aromatic heterocycles. The van der Waals surface area contributed by atoms with Crippen molar-refractivity contribution < 1.29 is 9.18 Å². The normalized spacial score (nSPS) is 11.3. The fraction of sp³-hybridized carbons (Fsp3) is 0.190. The van der Waals surface area contributed by atoms with Crippen LogP contribution in [-0.4, -0.2) is 20.4 Å². The van der Waals surface area contributed by atoms with Crippen molar-refractivity contribution in [3.8, 4) is 0 Å². The highest BCUT2D eigenvalue weighted by molar-refractivity contribution is 6.31. The van der Waals surface area contributed by atoms with Gasteiger partial charge < -0.3 is 10.3 Å². The van der Waals surface area contributed by atoms with E-state index < -0.39 is 5.82 Å². The molecule has 0 saturated heterocycles. The summed E-state index contributed by atoms with van der Waals surface area (Å²) in [6.07, 6.45) is 1.57. The van der Waals surface area contributed by atoms with Gasteiger partial charge >= 0.3 is 0 Å². The van der Waals surface area contributed by atoms with Gasteiger partial charge in [-0.1, -0.05) is 29.3 Å². The highest BCUT2D eigenvalue weighted by Crippen LogP contribution is 2.22. The summed E-state index contributed by atoms with van der Waals surface area (Å²) in [4.78, 5) is 32.4. The summed E-state index contributed by atoms with van der Waals surface area (Å²) in [6.45, 7) is 2.36. The molecule has 8 heteroatoms. The average molecular weight is 413 g/mol. The minimum absolute atomic E-state index is 0.102. The molecule has 0 bridgehead atoms. The Morgan fingerprint density at radius 3 is 2.90 bits per heavy atom. The lowest BCUT2D eigenvalue weighted by Crippen LogP contribution is -2.27. The third-order valence-electron chi connectivity index (χ3n) is 4.80. The Morgan fingerprint density at radius 1 is 1.28 bits per heavy atom. The van der Waals surface area contributed by atoms with E-state index in [2.05, 4.69) is 15.3 Å². The van der Waals surface area contributed by atoms with Crippen LogP contribution in [0.1, 0.15) is 17.5 Å². The number of aromatic nitrogens is 3. The molecule has 0 atom stereocenters. The number of nitrogens with zero attached hydrogens (tertiary/aromatic N) is 2. The molecule has 6 nitrogen and oxygen atoms in total. The van der Waals surface area contributed by atoms with Crippen LogP contribution in [-0.2, 0) is 17.9 Å². The molecule has 0 spiro atoms. The smallest absolute Gasteiger partial charge is 0.277 e. The number of aromatic amines is 1. The molecule has 4 aromatic rings. The first-order valence-electron chi connectivity index (χ1n) is 9.10. The summed E-state index contributed by atoms with van der Waals surface area (Å²) < 4.78 is 14.5. The van der Waals surface area contributed by atoms with Crippen LogP contribution in [0.5, 0.6) is 0 Å². The summed E-state index contributed by atoms with van der Waals surface area (Å²) in [5, 5.41) is 3.88. The van der Waals surface area contributed by atoms with Crippen LogP contribution in [0.15, 0.2) is 47.5 Å². The number of H-pyrrole nitrogens is 1. The van der Waals surface area contributed by atoms with Crippen molar-refractivity contribution in [2.24, 2.45) is 0 Å². The predicted molar refractivity (Wildman–Crippen MR) is 110 cm³/mol. The summed E-state index contributed by atoms with van der Waals surface area (Å²) in [6, 6.07) is 9.88. The van der Waals surface area contributed by atoms with Crippen molar-refractivity contribution >= 4 is 39.4 Å². The zero-order valence-electron chi connectivity index (χ0n) is 15.6. The van der Waals surface area contributed by atoms with Crippen molar-refractivity contribution in [3.63, 3.8) is 0 Å². The Balaban J connectivity index is 1.46. The topological polar surface area (TPSA) is 79.8 Å². The minimum Gasteiger partial charge on any atom is -0.352 e. The van der Waals surface area contributed by atoms with Crippen LogP contribution < -0.4 is 10.9 Å². The van der Waals surface area contributed by atoms with Gasteiger partial charge in [0.1, 0.15) is 16.9 Å². The third kappa shape index (κ3) is 3.86. The summed E-state index contributed by atoms with van der Waals surface area (Å²) in [5.41, 5.74) is 3.38. The van der Waals surface area contributed by atoms with Crippen LogP contribution in [0.4, 0.5) is 4.39 Å². The molecular formula is C21H18ClFN4O2. The molecule has 148 valence electrons. The van der Waals surface area contributed by atoms with Gasteiger partial charge in [0.2, 0.25) is 5.91 Å². The van der Waals surface area contributed by atoms with E-state index in [9.17, 15) is 14.0 Å². The molecule has 1 amide bonds. The average Bonchev–Trinajstić information content (AvgIpc) is 3.05. The minimum atomic E-state index is -0.431. The highest BCUT2D eigenvalue weighted by Gasteiger charge is 2.12. The van der Waals surface area contributed by atoms with E-state index in [1.54, 1.807) is 0 Å².